The molecular weight excluding hydrogens is 250 g/mol. The zero-order valence-electron chi connectivity index (χ0n) is 12.1. The summed E-state index contributed by atoms with van der Waals surface area (Å²) >= 11 is 0. The zero-order valence-corrected chi connectivity index (χ0v) is 12.1. The maximum absolute atomic E-state index is 11.7. The van der Waals surface area contributed by atoms with E-state index in [9.17, 15) is 4.79 Å². The van der Waals surface area contributed by atoms with Gasteiger partial charge in [-0.25, -0.2) is 0 Å². The highest BCUT2D eigenvalue weighted by Gasteiger charge is 2.35. The summed E-state index contributed by atoms with van der Waals surface area (Å²) in [4.78, 5) is 16.2. The van der Waals surface area contributed by atoms with E-state index in [2.05, 4.69) is 46.3 Å². The molecule has 1 N–H and O–H groups in total. The third-order valence-corrected chi connectivity index (χ3v) is 4.38. The van der Waals surface area contributed by atoms with Gasteiger partial charge in [0, 0.05) is 44.3 Å². The summed E-state index contributed by atoms with van der Waals surface area (Å²) in [5, 5.41) is 3.34. The van der Waals surface area contributed by atoms with Crippen LogP contribution in [0.4, 0.5) is 5.69 Å². The van der Waals surface area contributed by atoms with E-state index in [1.54, 1.807) is 0 Å². The number of benzene rings is 1. The molecule has 3 rings (SSSR count). The Balaban J connectivity index is 1.63. The van der Waals surface area contributed by atoms with Crippen LogP contribution >= 0.6 is 0 Å². The standard InChI is InChI=1S/C16H23N3O/c1-2-17-11-13-3-5-14(6-4-13)18-9-10-19-15(12-18)7-8-16(19)20/h3-6,15,17H,2,7-12H2,1H3. The van der Waals surface area contributed by atoms with Gasteiger partial charge in [-0.1, -0.05) is 19.1 Å². The highest BCUT2D eigenvalue weighted by Crippen LogP contribution is 2.26. The first-order chi connectivity index (χ1) is 9.78. The van der Waals surface area contributed by atoms with Crippen LogP contribution < -0.4 is 10.2 Å². The molecule has 1 amide bonds. The summed E-state index contributed by atoms with van der Waals surface area (Å²) < 4.78 is 0. The van der Waals surface area contributed by atoms with Gasteiger partial charge >= 0.3 is 0 Å². The van der Waals surface area contributed by atoms with E-state index in [0.29, 0.717) is 11.9 Å². The molecule has 20 heavy (non-hydrogen) atoms. The number of fused-ring (bicyclic) bond motifs is 1. The smallest absolute Gasteiger partial charge is 0.223 e. The van der Waals surface area contributed by atoms with Gasteiger partial charge in [0.2, 0.25) is 5.91 Å². The molecule has 0 bridgehead atoms. The fourth-order valence-corrected chi connectivity index (χ4v) is 3.19. The monoisotopic (exact) mass is 273 g/mol. The molecule has 1 atom stereocenters. The number of nitrogens with one attached hydrogen (secondary N) is 1. The molecule has 4 heteroatoms. The van der Waals surface area contributed by atoms with Crippen molar-refractivity contribution in [3.8, 4) is 0 Å². The van der Waals surface area contributed by atoms with Gasteiger partial charge in [0.25, 0.3) is 0 Å². The molecule has 4 nitrogen and oxygen atoms in total. The Bertz CT molecular complexity index is 471. The van der Waals surface area contributed by atoms with E-state index in [1.807, 2.05) is 0 Å². The Kier molecular flexibility index (Phi) is 3.92. The van der Waals surface area contributed by atoms with Crippen LogP contribution in [-0.4, -0.2) is 43.0 Å². The zero-order chi connectivity index (χ0) is 13.9. The molecule has 2 fully saturated rings. The van der Waals surface area contributed by atoms with Crippen molar-refractivity contribution in [3.63, 3.8) is 0 Å². The van der Waals surface area contributed by atoms with Crippen LogP contribution in [0.2, 0.25) is 0 Å². The molecule has 0 saturated carbocycles. The van der Waals surface area contributed by atoms with Gasteiger partial charge in [0.1, 0.15) is 0 Å². The Morgan fingerprint density at radius 3 is 2.80 bits per heavy atom. The summed E-state index contributed by atoms with van der Waals surface area (Å²) in [6.45, 7) is 6.87. The molecule has 2 saturated heterocycles. The lowest BCUT2D eigenvalue weighted by Crippen LogP contribution is -2.51. The number of rotatable bonds is 4. The first-order valence-corrected chi connectivity index (χ1v) is 7.62. The second-order valence-corrected chi connectivity index (χ2v) is 5.67. The normalized spacial score (nSPS) is 22.2. The van der Waals surface area contributed by atoms with Crippen LogP contribution in [0.15, 0.2) is 24.3 Å². The number of nitrogens with zero attached hydrogens (tertiary/aromatic N) is 2. The molecule has 108 valence electrons. The number of amides is 1. The van der Waals surface area contributed by atoms with Crippen molar-refractivity contribution in [1.82, 2.24) is 10.2 Å². The summed E-state index contributed by atoms with van der Waals surface area (Å²) in [6.07, 6.45) is 1.76. The largest absolute Gasteiger partial charge is 0.368 e. The molecule has 1 unspecified atom stereocenters. The number of anilines is 1. The van der Waals surface area contributed by atoms with Crippen molar-refractivity contribution in [2.75, 3.05) is 31.1 Å². The van der Waals surface area contributed by atoms with Crippen LogP contribution in [0.5, 0.6) is 0 Å². The quantitative estimate of drug-likeness (QED) is 0.905. The predicted molar refractivity (Wildman–Crippen MR) is 80.8 cm³/mol. The molecule has 0 spiro atoms. The summed E-state index contributed by atoms with van der Waals surface area (Å²) in [5.74, 6) is 0.343. The lowest BCUT2D eigenvalue weighted by molar-refractivity contribution is -0.129. The van der Waals surface area contributed by atoms with Gasteiger partial charge in [-0.3, -0.25) is 4.79 Å². The molecule has 2 aliphatic rings. The maximum Gasteiger partial charge on any atom is 0.223 e. The van der Waals surface area contributed by atoms with Crippen molar-refractivity contribution in [2.24, 2.45) is 0 Å². The number of carbonyl (C=O) groups is 1. The van der Waals surface area contributed by atoms with Crippen LogP contribution in [0, 0.1) is 0 Å². The first kappa shape index (κ1) is 13.4. The van der Waals surface area contributed by atoms with Crippen molar-refractivity contribution in [3.05, 3.63) is 29.8 Å². The molecule has 0 radical (unpaired) electrons. The SMILES string of the molecule is CCNCc1ccc(N2CCN3C(=O)CCC3C2)cc1. The average molecular weight is 273 g/mol. The van der Waals surface area contributed by atoms with Crippen molar-refractivity contribution in [1.29, 1.82) is 0 Å². The number of hydrogen-bond donors (Lipinski definition) is 1. The Hall–Kier alpha value is -1.55. The van der Waals surface area contributed by atoms with E-state index in [0.717, 1.165) is 45.6 Å². The summed E-state index contributed by atoms with van der Waals surface area (Å²) in [6, 6.07) is 9.24. The minimum atomic E-state index is 0.343. The minimum Gasteiger partial charge on any atom is -0.368 e. The maximum atomic E-state index is 11.7. The molecule has 1 aromatic rings. The lowest BCUT2D eigenvalue weighted by Gasteiger charge is -2.38. The van der Waals surface area contributed by atoms with Gasteiger partial charge in [0.15, 0.2) is 0 Å². The number of carbonyl (C=O) groups excluding carboxylic acids is 1. The third-order valence-electron chi connectivity index (χ3n) is 4.38. The Labute approximate surface area is 120 Å². The molecule has 2 heterocycles. The third kappa shape index (κ3) is 2.66. The summed E-state index contributed by atoms with van der Waals surface area (Å²) in [7, 11) is 0. The van der Waals surface area contributed by atoms with Gasteiger partial charge < -0.3 is 15.1 Å². The highest BCUT2D eigenvalue weighted by molar-refractivity contribution is 5.79. The predicted octanol–water partition coefficient (Wildman–Crippen LogP) is 1.61. The second kappa shape index (κ2) is 5.83. The first-order valence-electron chi connectivity index (χ1n) is 7.62. The van der Waals surface area contributed by atoms with E-state index >= 15 is 0 Å². The fraction of sp³-hybridized carbons (Fsp3) is 0.562. The molecule has 0 aromatic heterocycles. The van der Waals surface area contributed by atoms with E-state index in [-0.39, 0.29) is 0 Å². The minimum absolute atomic E-state index is 0.343. The van der Waals surface area contributed by atoms with Gasteiger partial charge in [0.05, 0.1) is 0 Å². The molecule has 0 aliphatic carbocycles. The van der Waals surface area contributed by atoms with E-state index < -0.39 is 0 Å². The Morgan fingerprint density at radius 1 is 1.25 bits per heavy atom. The molecular formula is C16H23N3O. The van der Waals surface area contributed by atoms with Crippen molar-refractivity contribution < 1.29 is 4.79 Å². The van der Waals surface area contributed by atoms with E-state index in [4.69, 9.17) is 0 Å². The molecule has 2 aliphatic heterocycles. The van der Waals surface area contributed by atoms with Crippen LogP contribution in [0.25, 0.3) is 0 Å². The van der Waals surface area contributed by atoms with Crippen LogP contribution in [0.3, 0.4) is 0 Å². The summed E-state index contributed by atoms with van der Waals surface area (Å²) in [5.41, 5.74) is 2.61. The average Bonchev–Trinajstić information content (AvgIpc) is 2.86. The topological polar surface area (TPSA) is 35.6 Å². The number of piperazine rings is 1. The van der Waals surface area contributed by atoms with Gasteiger partial charge in [-0.2, -0.15) is 0 Å². The second-order valence-electron chi connectivity index (χ2n) is 5.67. The number of hydrogen-bond acceptors (Lipinski definition) is 3. The van der Waals surface area contributed by atoms with E-state index in [1.165, 1.54) is 11.3 Å². The van der Waals surface area contributed by atoms with Crippen LogP contribution in [-0.2, 0) is 11.3 Å². The Morgan fingerprint density at radius 2 is 2.05 bits per heavy atom. The van der Waals surface area contributed by atoms with Gasteiger partial charge in [-0.15, -0.1) is 0 Å². The van der Waals surface area contributed by atoms with Crippen molar-refractivity contribution >= 4 is 11.6 Å². The van der Waals surface area contributed by atoms with Crippen LogP contribution in [0.1, 0.15) is 25.3 Å². The fourth-order valence-electron chi connectivity index (χ4n) is 3.19. The van der Waals surface area contributed by atoms with Crippen molar-refractivity contribution in [2.45, 2.75) is 32.4 Å². The molecule has 1 aromatic carbocycles. The highest BCUT2D eigenvalue weighted by atomic mass is 16.2. The lowest BCUT2D eigenvalue weighted by atomic mass is 10.1. The van der Waals surface area contributed by atoms with Gasteiger partial charge in [-0.05, 0) is 30.7 Å².